The van der Waals surface area contributed by atoms with Crippen LogP contribution >= 0.6 is 24.0 Å². The number of hydrogen-bond acceptors (Lipinski definition) is 3. The van der Waals surface area contributed by atoms with Gasteiger partial charge in [0.1, 0.15) is 5.82 Å². The third kappa shape index (κ3) is 8.68. The Morgan fingerprint density at radius 3 is 2.54 bits per heavy atom. The van der Waals surface area contributed by atoms with E-state index in [1.54, 1.807) is 6.92 Å². The van der Waals surface area contributed by atoms with Crippen LogP contribution in [0.15, 0.2) is 23.2 Å². The van der Waals surface area contributed by atoms with Gasteiger partial charge in [-0.15, -0.1) is 24.0 Å². The van der Waals surface area contributed by atoms with Crippen LogP contribution in [0, 0.1) is 5.82 Å². The van der Waals surface area contributed by atoms with Gasteiger partial charge in [0.05, 0.1) is 12.2 Å². The lowest BCUT2D eigenvalue weighted by Gasteiger charge is -2.16. The highest BCUT2D eigenvalue weighted by Gasteiger charge is 2.33. The van der Waals surface area contributed by atoms with Crippen molar-refractivity contribution in [3.63, 3.8) is 0 Å². The fourth-order valence-electron chi connectivity index (χ4n) is 2.04. The van der Waals surface area contributed by atoms with E-state index < -0.39 is 17.6 Å². The Morgan fingerprint density at radius 1 is 1.27 bits per heavy atom. The molecule has 0 aromatic heterocycles. The summed E-state index contributed by atoms with van der Waals surface area (Å²) in [5, 5.41) is 5.61. The molecule has 10 heteroatoms. The summed E-state index contributed by atoms with van der Waals surface area (Å²) >= 11 is 0. The monoisotopic (exact) mass is 491 g/mol. The van der Waals surface area contributed by atoms with Gasteiger partial charge in [0.25, 0.3) is 0 Å². The van der Waals surface area contributed by atoms with Crippen LogP contribution in [0.5, 0.6) is 0 Å². The minimum atomic E-state index is -4.64. The third-order valence-electron chi connectivity index (χ3n) is 3.20. The first-order chi connectivity index (χ1) is 11.8. The molecule has 0 aliphatic heterocycles. The van der Waals surface area contributed by atoms with E-state index in [0.29, 0.717) is 25.6 Å². The number of esters is 1. The average Bonchev–Trinajstić information content (AvgIpc) is 2.54. The Kier molecular flexibility index (Phi) is 11.2. The predicted molar refractivity (Wildman–Crippen MR) is 101 cm³/mol. The van der Waals surface area contributed by atoms with E-state index in [4.69, 9.17) is 4.74 Å². The van der Waals surface area contributed by atoms with Crippen LogP contribution in [0.3, 0.4) is 0 Å². The van der Waals surface area contributed by atoms with Crippen LogP contribution in [-0.2, 0) is 22.3 Å². The number of nitrogens with one attached hydrogen (secondary N) is 2. The van der Waals surface area contributed by atoms with Gasteiger partial charge in [-0.25, -0.2) is 4.39 Å². The summed E-state index contributed by atoms with van der Waals surface area (Å²) < 4.78 is 56.7. The molecule has 0 radical (unpaired) electrons. The number of halogens is 5. The SMILES string of the molecule is CCOC(=O)CCCNC(=NC)NCc1ccc(F)cc1C(F)(F)F.I. The summed E-state index contributed by atoms with van der Waals surface area (Å²) in [6.07, 6.45) is -3.92. The van der Waals surface area contributed by atoms with Crippen molar-refractivity contribution >= 4 is 35.9 Å². The molecule has 0 atom stereocenters. The Bertz CT molecular complexity index is 610. The van der Waals surface area contributed by atoms with Crippen LogP contribution in [0.4, 0.5) is 17.6 Å². The normalized spacial score (nSPS) is 11.5. The van der Waals surface area contributed by atoms with Crippen molar-refractivity contribution in [1.82, 2.24) is 10.6 Å². The Labute approximate surface area is 166 Å². The number of benzene rings is 1. The first-order valence-corrected chi connectivity index (χ1v) is 7.73. The molecule has 2 N–H and O–H groups in total. The van der Waals surface area contributed by atoms with E-state index >= 15 is 0 Å². The second-order valence-electron chi connectivity index (χ2n) is 5.06. The minimum absolute atomic E-state index is 0. The molecule has 5 nitrogen and oxygen atoms in total. The highest BCUT2D eigenvalue weighted by atomic mass is 127. The quantitative estimate of drug-likeness (QED) is 0.153. The molecule has 0 amide bonds. The number of aliphatic imine (C=N–C) groups is 1. The number of guanidine groups is 1. The number of alkyl halides is 3. The summed E-state index contributed by atoms with van der Waals surface area (Å²) in [7, 11) is 1.47. The summed E-state index contributed by atoms with van der Waals surface area (Å²) in [5.41, 5.74) is -1.12. The van der Waals surface area contributed by atoms with Crippen LogP contribution < -0.4 is 10.6 Å². The molecule has 0 heterocycles. The number of carbonyl (C=O) groups is 1. The summed E-state index contributed by atoms with van der Waals surface area (Å²) in [4.78, 5) is 15.1. The van der Waals surface area contributed by atoms with E-state index in [-0.39, 0.29) is 54.4 Å². The molecule has 0 aliphatic rings. The molecule has 0 aliphatic carbocycles. The number of nitrogens with zero attached hydrogens (tertiary/aromatic N) is 1. The number of rotatable bonds is 7. The van der Waals surface area contributed by atoms with E-state index in [0.717, 1.165) is 12.1 Å². The molecule has 0 bridgehead atoms. The fraction of sp³-hybridized carbons (Fsp3) is 0.500. The topological polar surface area (TPSA) is 62.7 Å². The smallest absolute Gasteiger partial charge is 0.416 e. The van der Waals surface area contributed by atoms with E-state index in [1.807, 2.05) is 0 Å². The molecule has 1 rings (SSSR count). The minimum Gasteiger partial charge on any atom is -0.466 e. The van der Waals surface area contributed by atoms with Gasteiger partial charge in [-0.2, -0.15) is 13.2 Å². The Morgan fingerprint density at radius 2 is 1.96 bits per heavy atom. The van der Waals surface area contributed by atoms with Crippen molar-refractivity contribution in [3.05, 3.63) is 35.1 Å². The van der Waals surface area contributed by atoms with Crippen molar-refractivity contribution in [1.29, 1.82) is 0 Å². The molecular formula is C16H22F4IN3O2. The van der Waals surface area contributed by atoms with Crippen LogP contribution in [0.25, 0.3) is 0 Å². The van der Waals surface area contributed by atoms with Gasteiger partial charge in [-0.1, -0.05) is 6.07 Å². The maximum atomic E-state index is 13.1. The van der Waals surface area contributed by atoms with Gasteiger partial charge < -0.3 is 15.4 Å². The molecule has 1 aromatic rings. The summed E-state index contributed by atoms with van der Waals surface area (Å²) in [6, 6.07) is 2.52. The molecule has 1 aromatic carbocycles. The number of ether oxygens (including phenoxy) is 1. The molecule has 0 saturated carbocycles. The zero-order valence-electron chi connectivity index (χ0n) is 14.5. The fourth-order valence-corrected chi connectivity index (χ4v) is 2.04. The van der Waals surface area contributed by atoms with Gasteiger partial charge in [0, 0.05) is 26.6 Å². The van der Waals surface area contributed by atoms with Crippen molar-refractivity contribution in [2.24, 2.45) is 4.99 Å². The predicted octanol–water partition coefficient (Wildman–Crippen LogP) is 3.47. The van der Waals surface area contributed by atoms with Gasteiger partial charge >= 0.3 is 12.1 Å². The van der Waals surface area contributed by atoms with Crippen molar-refractivity contribution in [2.45, 2.75) is 32.5 Å². The maximum absolute atomic E-state index is 13.1. The molecule has 0 saturated heterocycles. The third-order valence-corrected chi connectivity index (χ3v) is 3.20. The van der Waals surface area contributed by atoms with Crippen molar-refractivity contribution in [2.75, 3.05) is 20.2 Å². The molecule has 0 spiro atoms. The number of hydrogen-bond donors (Lipinski definition) is 2. The lowest BCUT2D eigenvalue weighted by Crippen LogP contribution is -2.37. The molecule has 0 unspecified atom stereocenters. The molecule has 148 valence electrons. The van der Waals surface area contributed by atoms with Gasteiger partial charge in [-0.3, -0.25) is 9.79 Å². The summed E-state index contributed by atoms with van der Waals surface area (Å²) in [6.45, 7) is 2.25. The number of carbonyl (C=O) groups excluding carboxylic acids is 1. The Balaban J connectivity index is 0.00000625. The maximum Gasteiger partial charge on any atom is 0.416 e. The zero-order chi connectivity index (χ0) is 18.9. The lowest BCUT2D eigenvalue weighted by atomic mass is 10.1. The first kappa shape index (κ1) is 24.4. The highest BCUT2D eigenvalue weighted by molar-refractivity contribution is 14.0. The molecule has 0 fully saturated rings. The average molecular weight is 491 g/mol. The second kappa shape index (κ2) is 11.9. The standard InChI is InChI=1S/C16H21F4N3O2.HI/c1-3-25-14(24)5-4-8-22-15(21-2)23-10-11-6-7-12(17)9-13(11)16(18,19)20;/h6-7,9H,3-5,8,10H2,1-2H3,(H2,21,22,23);1H. The van der Waals surface area contributed by atoms with E-state index in [2.05, 4.69) is 15.6 Å². The lowest BCUT2D eigenvalue weighted by molar-refractivity contribution is -0.143. The largest absolute Gasteiger partial charge is 0.466 e. The molecular weight excluding hydrogens is 469 g/mol. The van der Waals surface area contributed by atoms with E-state index in [9.17, 15) is 22.4 Å². The molecule has 26 heavy (non-hydrogen) atoms. The summed E-state index contributed by atoms with van der Waals surface area (Å²) in [5.74, 6) is -0.979. The van der Waals surface area contributed by atoms with E-state index in [1.165, 1.54) is 7.05 Å². The second-order valence-corrected chi connectivity index (χ2v) is 5.06. The van der Waals surface area contributed by atoms with Crippen LogP contribution in [0.2, 0.25) is 0 Å². The highest BCUT2D eigenvalue weighted by Crippen LogP contribution is 2.32. The van der Waals surface area contributed by atoms with Gasteiger partial charge in [0.2, 0.25) is 0 Å². The van der Waals surface area contributed by atoms with Crippen LogP contribution in [-0.4, -0.2) is 32.1 Å². The zero-order valence-corrected chi connectivity index (χ0v) is 16.8. The van der Waals surface area contributed by atoms with Gasteiger partial charge in [-0.05, 0) is 31.0 Å². The first-order valence-electron chi connectivity index (χ1n) is 7.73. The van der Waals surface area contributed by atoms with Gasteiger partial charge in [0.15, 0.2) is 5.96 Å². The Hall–Kier alpha value is -1.59. The van der Waals surface area contributed by atoms with Crippen molar-refractivity contribution < 1.29 is 27.1 Å². The van der Waals surface area contributed by atoms with Crippen LogP contribution in [0.1, 0.15) is 30.9 Å². The van der Waals surface area contributed by atoms with Crippen molar-refractivity contribution in [3.8, 4) is 0 Å².